The molecule has 0 fully saturated rings. The fourth-order valence-corrected chi connectivity index (χ4v) is 3.11. The van der Waals surface area contributed by atoms with Gasteiger partial charge in [0.25, 0.3) is 11.8 Å². The Balaban J connectivity index is 2.41. The Morgan fingerprint density at radius 3 is 2.27 bits per heavy atom. The second kappa shape index (κ2) is 5.98. The van der Waals surface area contributed by atoms with Gasteiger partial charge in [-0.3, -0.25) is 9.59 Å². The number of aromatic carboxylic acids is 1. The molecule has 1 aromatic carbocycles. The number of hydrogen-bond donors (Lipinski definition) is 3. The van der Waals surface area contributed by atoms with Crippen molar-refractivity contribution in [2.24, 2.45) is 5.73 Å². The zero-order valence-electron chi connectivity index (χ0n) is 12.0. The highest BCUT2D eigenvalue weighted by Crippen LogP contribution is 2.32. The Hall–Kier alpha value is -2.67. The number of carboxylic acid groups (broad SMARTS) is 1. The third kappa shape index (κ3) is 2.84. The number of anilines is 1. The quantitative estimate of drug-likeness (QED) is 0.804. The maximum atomic E-state index is 12.3. The first-order valence-electron chi connectivity index (χ1n) is 6.36. The first-order chi connectivity index (χ1) is 10.3. The van der Waals surface area contributed by atoms with Crippen LogP contribution in [0.15, 0.2) is 24.3 Å². The van der Waals surface area contributed by atoms with Gasteiger partial charge in [0, 0.05) is 4.88 Å². The fraction of sp³-hybridized carbons (Fsp3) is 0.133. The lowest BCUT2D eigenvalue weighted by Crippen LogP contribution is -2.19. The predicted molar refractivity (Wildman–Crippen MR) is 83.7 cm³/mol. The van der Waals surface area contributed by atoms with E-state index in [2.05, 4.69) is 5.32 Å². The molecule has 0 aliphatic heterocycles. The number of aryl methyl sites for hydroxylation is 1. The van der Waals surface area contributed by atoms with Crippen molar-refractivity contribution in [1.82, 2.24) is 0 Å². The zero-order chi connectivity index (χ0) is 16.4. The van der Waals surface area contributed by atoms with Gasteiger partial charge in [-0.2, -0.15) is 0 Å². The molecule has 0 unspecified atom stereocenters. The van der Waals surface area contributed by atoms with Crippen LogP contribution in [0.5, 0.6) is 0 Å². The molecule has 114 valence electrons. The van der Waals surface area contributed by atoms with Crippen molar-refractivity contribution in [3.63, 3.8) is 0 Å². The highest BCUT2D eigenvalue weighted by Gasteiger charge is 2.21. The van der Waals surface area contributed by atoms with Gasteiger partial charge in [-0.15, -0.1) is 11.3 Å². The van der Waals surface area contributed by atoms with E-state index < -0.39 is 17.8 Å². The molecule has 2 amide bonds. The summed E-state index contributed by atoms with van der Waals surface area (Å²) >= 11 is 1.23. The summed E-state index contributed by atoms with van der Waals surface area (Å²) < 4.78 is 0. The minimum absolute atomic E-state index is 0.0223. The van der Waals surface area contributed by atoms with E-state index in [1.54, 1.807) is 13.0 Å². The molecule has 0 aliphatic rings. The van der Waals surface area contributed by atoms with Crippen LogP contribution < -0.4 is 11.1 Å². The van der Waals surface area contributed by atoms with E-state index in [9.17, 15) is 14.4 Å². The van der Waals surface area contributed by atoms with Crippen molar-refractivity contribution in [1.29, 1.82) is 0 Å². The third-order valence-corrected chi connectivity index (χ3v) is 4.38. The zero-order valence-corrected chi connectivity index (χ0v) is 12.8. The second-order valence-electron chi connectivity index (χ2n) is 4.66. The largest absolute Gasteiger partial charge is 0.478 e. The number of hydrogen-bond acceptors (Lipinski definition) is 4. The van der Waals surface area contributed by atoms with E-state index in [1.165, 1.54) is 29.5 Å². The van der Waals surface area contributed by atoms with E-state index in [1.807, 2.05) is 6.92 Å². The van der Waals surface area contributed by atoms with E-state index in [0.29, 0.717) is 10.6 Å². The van der Waals surface area contributed by atoms with Gasteiger partial charge < -0.3 is 16.2 Å². The molecule has 0 aliphatic carbocycles. The van der Waals surface area contributed by atoms with Crippen molar-refractivity contribution >= 4 is 34.1 Å². The van der Waals surface area contributed by atoms with Crippen LogP contribution in [0.2, 0.25) is 0 Å². The minimum atomic E-state index is -1.19. The molecule has 2 aromatic rings. The molecule has 4 N–H and O–H groups in total. The van der Waals surface area contributed by atoms with E-state index in [4.69, 9.17) is 10.8 Å². The number of primary amides is 1. The van der Waals surface area contributed by atoms with Crippen molar-refractivity contribution in [2.45, 2.75) is 13.8 Å². The number of carbonyl (C=O) groups is 3. The highest BCUT2D eigenvalue weighted by molar-refractivity contribution is 7.16. The first kappa shape index (κ1) is 15.7. The third-order valence-electron chi connectivity index (χ3n) is 3.26. The predicted octanol–water partition coefficient (Wildman–Crippen LogP) is 2.41. The molecule has 7 heteroatoms. The summed E-state index contributed by atoms with van der Waals surface area (Å²) in [6.07, 6.45) is 0. The van der Waals surface area contributed by atoms with Gasteiger partial charge in [0.05, 0.1) is 16.7 Å². The fourth-order valence-electron chi connectivity index (χ4n) is 2.05. The summed E-state index contributed by atoms with van der Waals surface area (Å²) in [5, 5.41) is 12.0. The van der Waals surface area contributed by atoms with Crippen molar-refractivity contribution in [2.75, 3.05) is 5.32 Å². The average Bonchev–Trinajstić information content (AvgIpc) is 2.73. The molecular weight excluding hydrogens is 304 g/mol. The topological polar surface area (TPSA) is 109 Å². The molecule has 1 heterocycles. The van der Waals surface area contributed by atoms with Crippen molar-refractivity contribution in [3.05, 3.63) is 51.4 Å². The number of amides is 2. The number of carboxylic acids is 1. The number of rotatable bonds is 4. The molecule has 0 atom stereocenters. The highest BCUT2D eigenvalue weighted by atomic mass is 32.1. The number of carbonyl (C=O) groups excluding carboxylic acids is 2. The molecule has 1 aromatic heterocycles. The lowest BCUT2D eigenvalue weighted by molar-refractivity contribution is 0.0692. The molecule has 0 saturated carbocycles. The summed E-state index contributed by atoms with van der Waals surface area (Å²) in [5.74, 6) is -2.43. The van der Waals surface area contributed by atoms with Gasteiger partial charge >= 0.3 is 5.97 Å². The lowest BCUT2D eigenvalue weighted by atomic mass is 10.1. The Morgan fingerprint density at radius 2 is 1.73 bits per heavy atom. The standard InChI is InChI=1S/C15H14N2O4S/c1-7-8(2)22-14(11(7)12(16)18)17-13(19)9-5-3-4-6-10(9)15(20)21/h3-6H,1-2H3,(H2,16,18)(H,17,19)(H,20,21). The molecule has 22 heavy (non-hydrogen) atoms. The van der Waals surface area contributed by atoms with Gasteiger partial charge in [0.1, 0.15) is 5.00 Å². The Kier molecular flexibility index (Phi) is 4.27. The van der Waals surface area contributed by atoms with Gasteiger partial charge in [-0.25, -0.2) is 4.79 Å². The summed E-state index contributed by atoms with van der Waals surface area (Å²) in [4.78, 5) is 35.9. The van der Waals surface area contributed by atoms with Crippen LogP contribution in [0.1, 0.15) is 41.5 Å². The van der Waals surface area contributed by atoms with Crippen molar-refractivity contribution in [3.8, 4) is 0 Å². The average molecular weight is 318 g/mol. The Bertz CT molecular complexity index is 780. The molecule has 0 radical (unpaired) electrons. The number of nitrogens with two attached hydrogens (primary N) is 1. The molecule has 2 rings (SSSR count). The van der Waals surface area contributed by atoms with Gasteiger partial charge in [0.15, 0.2) is 0 Å². The summed E-state index contributed by atoms with van der Waals surface area (Å²) in [6, 6.07) is 5.86. The van der Waals surface area contributed by atoms with Gasteiger partial charge in [0.2, 0.25) is 0 Å². The van der Waals surface area contributed by atoms with Crippen molar-refractivity contribution < 1.29 is 19.5 Å². The molecule has 6 nitrogen and oxygen atoms in total. The summed E-state index contributed by atoms with van der Waals surface area (Å²) in [5.41, 5.74) is 6.22. The van der Waals surface area contributed by atoms with Gasteiger partial charge in [-0.05, 0) is 31.5 Å². The molecule has 0 saturated heterocycles. The number of thiophene rings is 1. The Morgan fingerprint density at radius 1 is 1.14 bits per heavy atom. The van der Waals surface area contributed by atoms with E-state index >= 15 is 0 Å². The first-order valence-corrected chi connectivity index (χ1v) is 7.18. The van der Waals surface area contributed by atoms with Crippen LogP contribution in [0.4, 0.5) is 5.00 Å². The molecule has 0 bridgehead atoms. The summed E-state index contributed by atoms with van der Waals surface area (Å²) in [7, 11) is 0. The minimum Gasteiger partial charge on any atom is -0.478 e. The smallest absolute Gasteiger partial charge is 0.336 e. The maximum absolute atomic E-state index is 12.3. The van der Waals surface area contributed by atoms with Crippen LogP contribution in [-0.2, 0) is 0 Å². The second-order valence-corrected chi connectivity index (χ2v) is 5.88. The van der Waals surface area contributed by atoms with E-state index in [-0.39, 0.29) is 16.7 Å². The summed E-state index contributed by atoms with van der Waals surface area (Å²) in [6.45, 7) is 3.56. The number of benzene rings is 1. The maximum Gasteiger partial charge on any atom is 0.336 e. The van der Waals surface area contributed by atoms with Gasteiger partial charge in [-0.1, -0.05) is 12.1 Å². The number of nitrogens with one attached hydrogen (secondary N) is 1. The normalized spacial score (nSPS) is 10.3. The Labute approximate surface area is 130 Å². The molecule has 0 spiro atoms. The molecular formula is C15H14N2O4S. The van der Waals surface area contributed by atoms with Crippen LogP contribution in [0.3, 0.4) is 0 Å². The van der Waals surface area contributed by atoms with Crippen LogP contribution in [0.25, 0.3) is 0 Å². The lowest BCUT2D eigenvalue weighted by Gasteiger charge is -2.07. The van der Waals surface area contributed by atoms with Crippen LogP contribution in [-0.4, -0.2) is 22.9 Å². The van der Waals surface area contributed by atoms with Crippen LogP contribution in [0, 0.1) is 13.8 Å². The monoisotopic (exact) mass is 318 g/mol. The van der Waals surface area contributed by atoms with E-state index in [0.717, 1.165) is 4.88 Å². The van der Waals surface area contributed by atoms with Crippen LogP contribution >= 0.6 is 11.3 Å². The SMILES string of the molecule is Cc1sc(NC(=O)c2ccccc2C(=O)O)c(C(N)=O)c1C.